The van der Waals surface area contributed by atoms with Gasteiger partial charge in [0, 0.05) is 16.0 Å². The van der Waals surface area contributed by atoms with E-state index in [9.17, 15) is 18.3 Å². The van der Waals surface area contributed by atoms with Gasteiger partial charge in [0.15, 0.2) is 5.76 Å². The molecule has 1 amide bonds. The SMILES string of the molecule is CC(C)c1nnc(N2C(=O)C(O)=C(S(=O)(=O)c3ccc(Cl)cc3)[C@@H]2c2ccc(Cl)cc2)s1. The molecule has 1 aliphatic heterocycles. The second kappa shape index (κ2) is 8.47. The van der Waals surface area contributed by atoms with Gasteiger partial charge in [-0.1, -0.05) is 60.5 Å². The molecular formula is C21H17Cl2N3O4S2. The van der Waals surface area contributed by atoms with E-state index in [2.05, 4.69) is 10.2 Å². The average Bonchev–Trinajstić information content (AvgIpc) is 3.33. The Kier molecular flexibility index (Phi) is 6.02. The number of rotatable bonds is 5. The molecule has 0 bridgehead atoms. The van der Waals surface area contributed by atoms with Crippen molar-refractivity contribution in [1.82, 2.24) is 10.2 Å². The molecule has 1 aromatic heterocycles. The summed E-state index contributed by atoms with van der Waals surface area (Å²) in [6, 6.07) is 10.7. The zero-order valence-corrected chi connectivity index (χ0v) is 20.0. The van der Waals surface area contributed by atoms with Crippen molar-refractivity contribution in [1.29, 1.82) is 0 Å². The van der Waals surface area contributed by atoms with Gasteiger partial charge < -0.3 is 5.11 Å². The number of amides is 1. The summed E-state index contributed by atoms with van der Waals surface area (Å²) in [6.45, 7) is 3.86. The number of carbonyl (C=O) groups excluding carboxylic acids is 1. The van der Waals surface area contributed by atoms with Crippen molar-refractivity contribution in [2.45, 2.75) is 30.7 Å². The minimum absolute atomic E-state index is 0.0618. The number of aromatic nitrogens is 2. The molecule has 0 radical (unpaired) electrons. The normalized spacial score (nSPS) is 17.0. The lowest BCUT2D eigenvalue weighted by Gasteiger charge is -2.24. The van der Waals surface area contributed by atoms with E-state index in [4.69, 9.17) is 23.2 Å². The number of aliphatic hydroxyl groups excluding tert-OH is 1. The Bertz CT molecular complexity index is 1320. The summed E-state index contributed by atoms with van der Waals surface area (Å²) in [7, 11) is -4.26. The smallest absolute Gasteiger partial charge is 0.296 e. The van der Waals surface area contributed by atoms with E-state index in [0.717, 1.165) is 16.2 Å². The number of hydrogen-bond donors (Lipinski definition) is 1. The highest BCUT2D eigenvalue weighted by atomic mass is 35.5. The van der Waals surface area contributed by atoms with Crippen molar-refractivity contribution in [3.05, 3.63) is 79.8 Å². The van der Waals surface area contributed by atoms with Crippen LogP contribution in [0.15, 0.2) is 64.1 Å². The maximum absolute atomic E-state index is 13.5. The summed E-state index contributed by atoms with van der Waals surface area (Å²) in [5, 5.41) is 20.6. The van der Waals surface area contributed by atoms with Crippen molar-refractivity contribution in [3.63, 3.8) is 0 Å². The summed E-state index contributed by atoms with van der Waals surface area (Å²) in [5.74, 6) is -1.67. The summed E-state index contributed by atoms with van der Waals surface area (Å²) in [4.78, 5) is 13.7. The first kappa shape index (κ1) is 22.7. The number of carbonyl (C=O) groups is 1. The molecular weight excluding hydrogens is 493 g/mol. The molecule has 11 heteroatoms. The van der Waals surface area contributed by atoms with E-state index in [-0.39, 0.29) is 15.9 Å². The number of benzene rings is 2. The van der Waals surface area contributed by atoms with E-state index < -0.39 is 32.5 Å². The van der Waals surface area contributed by atoms with Crippen LogP contribution in [0.4, 0.5) is 5.13 Å². The summed E-state index contributed by atoms with van der Waals surface area (Å²) < 4.78 is 27.1. The van der Waals surface area contributed by atoms with Crippen LogP contribution in [0.2, 0.25) is 10.0 Å². The fourth-order valence-electron chi connectivity index (χ4n) is 3.30. The van der Waals surface area contributed by atoms with E-state index in [0.29, 0.717) is 20.6 Å². The van der Waals surface area contributed by atoms with Crippen LogP contribution in [0.25, 0.3) is 0 Å². The number of aliphatic hydroxyl groups is 1. The van der Waals surface area contributed by atoms with Crippen molar-refractivity contribution in [2.75, 3.05) is 4.90 Å². The number of halogens is 2. The molecule has 3 aromatic rings. The maximum Gasteiger partial charge on any atom is 0.296 e. The third-order valence-electron chi connectivity index (χ3n) is 4.89. The number of sulfone groups is 1. The maximum atomic E-state index is 13.5. The highest BCUT2D eigenvalue weighted by molar-refractivity contribution is 7.95. The predicted molar refractivity (Wildman–Crippen MR) is 124 cm³/mol. The zero-order valence-electron chi connectivity index (χ0n) is 16.9. The lowest BCUT2D eigenvalue weighted by molar-refractivity contribution is -0.117. The summed E-state index contributed by atoms with van der Waals surface area (Å²) >= 11 is 13.1. The average molecular weight is 510 g/mol. The van der Waals surface area contributed by atoms with Gasteiger partial charge in [0.2, 0.25) is 15.0 Å². The Balaban J connectivity index is 1.91. The first-order valence-corrected chi connectivity index (χ1v) is 12.5. The Morgan fingerprint density at radius 1 is 1.00 bits per heavy atom. The lowest BCUT2D eigenvalue weighted by Crippen LogP contribution is -2.31. The van der Waals surface area contributed by atoms with Gasteiger partial charge >= 0.3 is 0 Å². The Morgan fingerprint density at radius 3 is 2.09 bits per heavy atom. The molecule has 0 fully saturated rings. The zero-order chi connectivity index (χ0) is 23.2. The van der Waals surface area contributed by atoms with E-state index in [1.165, 1.54) is 24.3 Å². The van der Waals surface area contributed by atoms with Gasteiger partial charge in [-0.3, -0.25) is 9.69 Å². The fraction of sp³-hybridized carbons (Fsp3) is 0.190. The van der Waals surface area contributed by atoms with Crippen LogP contribution in [0.1, 0.15) is 36.4 Å². The highest BCUT2D eigenvalue weighted by Gasteiger charge is 2.48. The van der Waals surface area contributed by atoms with Crippen LogP contribution < -0.4 is 4.90 Å². The van der Waals surface area contributed by atoms with Gasteiger partial charge in [0.1, 0.15) is 16.0 Å². The topological polar surface area (TPSA) is 100 Å². The molecule has 0 saturated carbocycles. The fourth-order valence-corrected chi connectivity index (χ4v) is 6.05. The molecule has 1 N–H and O–H groups in total. The Hall–Kier alpha value is -2.46. The quantitative estimate of drug-likeness (QED) is 0.500. The summed E-state index contributed by atoms with van der Waals surface area (Å²) in [5.41, 5.74) is 0.445. The standard InChI is InChI=1S/C21H17Cl2N3O4S2/c1-11(2)19-24-25-21(31-19)26-16(12-3-5-13(22)6-4-12)18(17(27)20(26)28)32(29,30)15-9-7-14(23)8-10-15/h3-11,16,27H,1-2H3/t16-/m0/s1. The van der Waals surface area contributed by atoms with Gasteiger partial charge in [-0.25, -0.2) is 8.42 Å². The number of hydrogen-bond acceptors (Lipinski definition) is 7. The van der Waals surface area contributed by atoms with Crippen molar-refractivity contribution in [2.24, 2.45) is 0 Å². The monoisotopic (exact) mass is 509 g/mol. The first-order valence-electron chi connectivity index (χ1n) is 9.47. The molecule has 7 nitrogen and oxygen atoms in total. The van der Waals surface area contributed by atoms with Crippen LogP contribution in [-0.4, -0.2) is 29.6 Å². The van der Waals surface area contributed by atoms with Crippen LogP contribution in [0.5, 0.6) is 0 Å². The third kappa shape index (κ3) is 3.90. The van der Waals surface area contributed by atoms with E-state index >= 15 is 0 Å². The molecule has 2 heterocycles. The Labute approximate surface area is 198 Å². The molecule has 1 atom stereocenters. The molecule has 166 valence electrons. The highest BCUT2D eigenvalue weighted by Crippen LogP contribution is 2.46. The van der Waals surface area contributed by atoms with Crippen molar-refractivity contribution in [3.8, 4) is 0 Å². The molecule has 0 spiro atoms. The second-order valence-corrected chi connectivity index (χ2v) is 11.2. The predicted octanol–water partition coefficient (Wildman–Crippen LogP) is 5.30. The number of anilines is 1. The van der Waals surface area contributed by atoms with Gasteiger partial charge in [-0.05, 0) is 42.0 Å². The van der Waals surface area contributed by atoms with Crippen LogP contribution in [0, 0.1) is 0 Å². The van der Waals surface area contributed by atoms with E-state index in [1.54, 1.807) is 24.3 Å². The van der Waals surface area contributed by atoms with Gasteiger partial charge in [-0.2, -0.15) is 0 Å². The van der Waals surface area contributed by atoms with Gasteiger partial charge in [-0.15, -0.1) is 10.2 Å². The largest absolute Gasteiger partial charge is 0.502 e. The Morgan fingerprint density at radius 2 is 1.56 bits per heavy atom. The van der Waals surface area contributed by atoms with Crippen molar-refractivity contribution >= 4 is 55.4 Å². The molecule has 0 aliphatic carbocycles. The minimum atomic E-state index is -4.26. The van der Waals surface area contributed by atoms with Gasteiger partial charge in [0.25, 0.3) is 5.91 Å². The van der Waals surface area contributed by atoms with E-state index in [1.807, 2.05) is 13.8 Å². The number of nitrogens with zero attached hydrogens (tertiary/aromatic N) is 3. The van der Waals surface area contributed by atoms with Crippen LogP contribution in [0.3, 0.4) is 0 Å². The molecule has 0 unspecified atom stereocenters. The van der Waals surface area contributed by atoms with Crippen LogP contribution in [-0.2, 0) is 14.6 Å². The molecule has 2 aromatic carbocycles. The molecule has 4 rings (SSSR count). The van der Waals surface area contributed by atoms with Crippen LogP contribution >= 0.6 is 34.5 Å². The first-order chi connectivity index (χ1) is 15.1. The molecule has 1 aliphatic rings. The van der Waals surface area contributed by atoms with Crippen molar-refractivity contribution < 1.29 is 18.3 Å². The minimum Gasteiger partial charge on any atom is -0.502 e. The summed E-state index contributed by atoms with van der Waals surface area (Å²) in [6.07, 6.45) is 0. The third-order valence-corrected chi connectivity index (χ3v) is 8.51. The second-order valence-electron chi connectivity index (χ2n) is 7.38. The molecule has 0 saturated heterocycles. The van der Waals surface area contributed by atoms with Gasteiger partial charge in [0.05, 0.1) is 4.90 Å². The molecule has 32 heavy (non-hydrogen) atoms. The lowest BCUT2D eigenvalue weighted by atomic mass is 10.1.